The molecule has 0 aromatic heterocycles. The smallest absolute Gasteiger partial charge is 0.322 e. The second kappa shape index (κ2) is 8.16. The van der Waals surface area contributed by atoms with Crippen LogP contribution in [0.15, 0.2) is 42.5 Å². The maximum Gasteiger partial charge on any atom is 0.322 e. The number of hydrogen-bond acceptors (Lipinski definition) is 3. The SMILES string of the molecule is Cl.O=C1NCc2c(N3CCNCC3)cccc2N1Cc1ccccc1Cl. The van der Waals surface area contributed by atoms with E-state index in [2.05, 4.69) is 21.6 Å². The van der Waals surface area contributed by atoms with Gasteiger partial charge in [0.25, 0.3) is 0 Å². The molecule has 2 aromatic rings. The molecule has 0 atom stereocenters. The number of nitrogens with one attached hydrogen (secondary N) is 2. The quantitative estimate of drug-likeness (QED) is 0.841. The van der Waals surface area contributed by atoms with Crippen molar-refractivity contribution in [3.63, 3.8) is 0 Å². The van der Waals surface area contributed by atoms with Crippen molar-refractivity contribution in [3.8, 4) is 0 Å². The van der Waals surface area contributed by atoms with Crippen LogP contribution in [0.3, 0.4) is 0 Å². The lowest BCUT2D eigenvalue weighted by Crippen LogP contribution is -2.46. The predicted octanol–water partition coefficient (Wildman–Crippen LogP) is 3.40. The van der Waals surface area contributed by atoms with Gasteiger partial charge in [0.1, 0.15) is 0 Å². The summed E-state index contributed by atoms with van der Waals surface area (Å²) >= 11 is 6.30. The lowest BCUT2D eigenvalue weighted by Gasteiger charge is -2.36. The number of hydrogen-bond donors (Lipinski definition) is 2. The van der Waals surface area contributed by atoms with Gasteiger partial charge in [-0.2, -0.15) is 0 Å². The van der Waals surface area contributed by atoms with Crippen molar-refractivity contribution in [2.45, 2.75) is 13.1 Å². The number of urea groups is 1. The average Bonchev–Trinajstić information content (AvgIpc) is 2.66. The molecule has 0 bridgehead atoms. The molecule has 0 spiro atoms. The molecule has 138 valence electrons. The van der Waals surface area contributed by atoms with E-state index in [0.717, 1.165) is 37.4 Å². The van der Waals surface area contributed by atoms with Crippen molar-refractivity contribution in [1.82, 2.24) is 10.6 Å². The van der Waals surface area contributed by atoms with Gasteiger partial charge in [-0.1, -0.05) is 35.9 Å². The average molecular weight is 393 g/mol. The summed E-state index contributed by atoms with van der Waals surface area (Å²) in [5.74, 6) is 0. The van der Waals surface area contributed by atoms with Crippen molar-refractivity contribution in [1.29, 1.82) is 0 Å². The lowest BCUT2D eigenvalue weighted by molar-refractivity contribution is 0.244. The summed E-state index contributed by atoms with van der Waals surface area (Å²) in [5, 5.41) is 7.07. The van der Waals surface area contributed by atoms with Crippen LogP contribution in [0.4, 0.5) is 16.2 Å². The summed E-state index contributed by atoms with van der Waals surface area (Å²) in [7, 11) is 0. The standard InChI is InChI=1S/C19H21ClN4O.ClH/c20-16-5-2-1-4-14(16)13-24-18-7-3-6-17(15(18)12-22-19(24)25)23-10-8-21-9-11-23;/h1-7,21H,8-13H2,(H,22,25);1H. The second-order valence-electron chi connectivity index (χ2n) is 6.35. The molecule has 2 aliphatic heterocycles. The summed E-state index contributed by atoms with van der Waals surface area (Å²) < 4.78 is 0. The van der Waals surface area contributed by atoms with Crippen LogP contribution >= 0.6 is 24.0 Å². The number of piperazine rings is 1. The van der Waals surface area contributed by atoms with Crippen LogP contribution in [0.1, 0.15) is 11.1 Å². The second-order valence-corrected chi connectivity index (χ2v) is 6.76. The van der Waals surface area contributed by atoms with Crippen molar-refractivity contribution in [2.24, 2.45) is 0 Å². The minimum atomic E-state index is -0.0788. The number of anilines is 2. The normalized spacial score (nSPS) is 16.6. The molecule has 7 heteroatoms. The fourth-order valence-electron chi connectivity index (χ4n) is 3.52. The number of amides is 2. The van der Waals surface area contributed by atoms with E-state index in [0.29, 0.717) is 18.1 Å². The number of halogens is 2. The molecule has 1 saturated heterocycles. The van der Waals surface area contributed by atoms with Gasteiger partial charge in [-0.3, -0.25) is 4.90 Å². The molecule has 26 heavy (non-hydrogen) atoms. The van der Waals surface area contributed by atoms with Crippen LogP contribution in [-0.4, -0.2) is 32.2 Å². The zero-order chi connectivity index (χ0) is 17.2. The monoisotopic (exact) mass is 392 g/mol. The van der Waals surface area contributed by atoms with E-state index in [4.69, 9.17) is 11.6 Å². The highest BCUT2D eigenvalue weighted by Gasteiger charge is 2.27. The Kier molecular flexibility index (Phi) is 5.91. The first-order valence-corrected chi connectivity index (χ1v) is 8.98. The summed E-state index contributed by atoms with van der Waals surface area (Å²) in [6, 6.07) is 13.8. The highest BCUT2D eigenvalue weighted by molar-refractivity contribution is 6.31. The predicted molar refractivity (Wildman–Crippen MR) is 109 cm³/mol. The third-order valence-electron chi connectivity index (χ3n) is 4.82. The Labute approximate surface area is 164 Å². The first-order chi connectivity index (χ1) is 12.2. The van der Waals surface area contributed by atoms with E-state index in [1.54, 1.807) is 4.90 Å². The molecular formula is C19H22Cl2N4O. The molecule has 0 radical (unpaired) electrons. The molecule has 2 amide bonds. The molecule has 0 aliphatic carbocycles. The van der Waals surface area contributed by atoms with E-state index < -0.39 is 0 Å². The van der Waals surface area contributed by atoms with Gasteiger partial charge in [-0.05, 0) is 23.8 Å². The van der Waals surface area contributed by atoms with Crippen LogP contribution in [0.5, 0.6) is 0 Å². The summed E-state index contributed by atoms with van der Waals surface area (Å²) in [5.41, 5.74) is 4.30. The van der Waals surface area contributed by atoms with E-state index in [1.807, 2.05) is 36.4 Å². The van der Waals surface area contributed by atoms with Gasteiger partial charge in [0, 0.05) is 49.0 Å². The molecule has 2 heterocycles. The van der Waals surface area contributed by atoms with Crippen LogP contribution in [0.2, 0.25) is 5.02 Å². The fourth-order valence-corrected chi connectivity index (χ4v) is 3.72. The minimum Gasteiger partial charge on any atom is -0.369 e. The highest BCUT2D eigenvalue weighted by atomic mass is 35.5. The Bertz CT molecular complexity index is 793. The number of rotatable bonds is 3. The number of benzene rings is 2. The van der Waals surface area contributed by atoms with Gasteiger partial charge >= 0.3 is 6.03 Å². The van der Waals surface area contributed by atoms with Gasteiger partial charge in [0.05, 0.1) is 12.2 Å². The lowest BCUT2D eigenvalue weighted by atomic mass is 10.0. The molecule has 0 saturated carbocycles. The van der Waals surface area contributed by atoms with E-state index in [1.165, 1.54) is 11.3 Å². The summed E-state index contributed by atoms with van der Waals surface area (Å²) in [4.78, 5) is 16.7. The van der Waals surface area contributed by atoms with Gasteiger partial charge in [0.15, 0.2) is 0 Å². The number of carbonyl (C=O) groups is 1. The molecule has 0 unspecified atom stereocenters. The largest absolute Gasteiger partial charge is 0.369 e. The summed E-state index contributed by atoms with van der Waals surface area (Å²) in [6.07, 6.45) is 0. The Balaban J connectivity index is 0.00000196. The topological polar surface area (TPSA) is 47.6 Å². The first-order valence-electron chi connectivity index (χ1n) is 8.60. The van der Waals surface area contributed by atoms with Crippen molar-refractivity contribution in [2.75, 3.05) is 36.0 Å². The van der Waals surface area contributed by atoms with Gasteiger partial charge in [-0.25, -0.2) is 4.79 Å². The van der Waals surface area contributed by atoms with Gasteiger partial charge < -0.3 is 15.5 Å². The van der Waals surface area contributed by atoms with Crippen molar-refractivity contribution in [3.05, 3.63) is 58.6 Å². The third-order valence-corrected chi connectivity index (χ3v) is 5.19. The molecule has 2 aromatic carbocycles. The van der Waals surface area contributed by atoms with Crippen LogP contribution in [-0.2, 0) is 13.1 Å². The van der Waals surface area contributed by atoms with Crippen molar-refractivity contribution >= 4 is 41.4 Å². The maximum absolute atomic E-state index is 12.5. The van der Waals surface area contributed by atoms with Gasteiger partial charge in [-0.15, -0.1) is 12.4 Å². The molecule has 1 fully saturated rings. The Morgan fingerprint density at radius 3 is 2.50 bits per heavy atom. The first kappa shape index (κ1) is 18.8. The Morgan fingerprint density at radius 1 is 1.00 bits per heavy atom. The van der Waals surface area contributed by atoms with Crippen LogP contribution in [0.25, 0.3) is 0 Å². The van der Waals surface area contributed by atoms with Crippen LogP contribution < -0.4 is 20.4 Å². The highest BCUT2D eigenvalue weighted by Crippen LogP contribution is 2.34. The van der Waals surface area contributed by atoms with E-state index in [-0.39, 0.29) is 18.4 Å². The minimum absolute atomic E-state index is 0. The number of fused-ring (bicyclic) bond motifs is 1. The fraction of sp³-hybridized carbons (Fsp3) is 0.316. The zero-order valence-corrected chi connectivity index (χ0v) is 15.9. The molecule has 2 aliphatic rings. The summed E-state index contributed by atoms with van der Waals surface area (Å²) in [6.45, 7) is 4.96. The molecule has 2 N–H and O–H groups in total. The number of carbonyl (C=O) groups excluding carboxylic acids is 1. The van der Waals surface area contributed by atoms with Gasteiger partial charge in [0.2, 0.25) is 0 Å². The van der Waals surface area contributed by atoms with E-state index in [9.17, 15) is 4.79 Å². The van der Waals surface area contributed by atoms with Crippen molar-refractivity contribution < 1.29 is 4.79 Å². The molecular weight excluding hydrogens is 371 g/mol. The van der Waals surface area contributed by atoms with Crippen LogP contribution in [0, 0.1) is 0 Å². The molecule has 4 rings (SSSR count). The Hall–Kier alpha value is -1.95. The molecule has 5 nitrogen and oxygen atoms in total. The van der Waals surface area contributed by atoms with E-state index >= 15 is 0 Å². The maximum atomic E-state index is 12.5. The Morgan fingerprint density at radius 2 is 1.73 bits per heavy atom. The third kappa shape index (κ3) is 3.61. The number of nitrogens with zero attached hydrogens (tertiary/aromatic N) is 2. The zero-order valence-electron chi connectivity index (χ0n) is 14.4.